The molecule has 2 rings (SSSR count). The van der Waals surface area contributed by atoms with Gasteiger partial charge in [0.05, 0.1) is 5.71 Å². The molecule has 0 aliphatic carbocycles. The first-order valence-corrected chi connectivity index (χ1v) is 7.74. The molecule has 0 unspecified atom stereocenters. The predicted octanol–water partition coefficient (Wildman–Crippen LogP) is 2.76. The zero-order valence-corrected chi connectivity index (χ0v) is 14.1. The molecule has 2 amide bonds. The molecule has 0 saturated carbocycles. The molecule has 0 radical (unpaired) electrons. The molecule has 0 saturated heterocycles. The molecule has 142 valence electrons. The normalized spacial score (nSPS) is 13.0. The van der Waals surface area contributed by atoms with Crippen LogP contribution in [-0.2, 0) is 9.59 Å². The Morgan fingerprint density at radius 3 is 2.19 bits per heavy atom. The van der Waals surface area contributed by atoms with Crippen molar-refractivity contribution in [3.63, 3.8) is 0 Å². The number of amides is 2. The van der Waals surface area contributed by atoms with E-state index in [0.29, 0.717) is 16.8 Å². The molecule has 1 atom stereocenters. The zero-order chi connectivity index (χ0) is 20.0. The lowest BCUT2D eigenvalue weighted by molar-refractivity contribution is -0.167. The molecule has 2 aromatic rings. The monoisotopic (exact) mass is 379 g/mol. The first kappa shape index (κ1) is 20.1. The molecule has 9 heteroatoms. The largest absolute Gasteiger partial charge is 0.471 e. The van der Waals surface area contributed by atoms with Gasteiger partial charge in [-0.3, -0.25) is 9.59 Å². The Morgan fingerprint density at radius 1 is 1.04 bits per heavy atom. The molecule has 0 aliphatic heterocycles. The van der Waals surface area contributed by atoms with Gasteiger partial charge in [0.1, 0.15) is 0 Å². The van der Waals surface area contributed by atoms with Crippen LogP contribution in [0.3, 0.4) is 0 Å². The maximum Gasteiger partial charge on any atom is 0.471 e. The number of hydrazone groups is 1. The molecule has 27 heavy (non-hydrogen) atoms. The lowest BCUT2D eigenvalue weighted by Crippen LogP contribution is -2.29. The number of hydrogen-bond donors (Lipinski definition) is 3. The number of aliphatic hydroxyl groups excluding tert-OH is 1. The average Bonchev–Trinajstić information content (AvgIpc) is 2.65. The smallest absolute Gasteiger partial charge is 0.378 e. The average molecular weight is 379 g/mol. The molecule has 0 aromatic heterocycles. The number of anilines is 1. The summed E-state index contributed by atoms with van der Waals surface area (Å²) in [6, 6.07) is 13.7. The van der Waals surface area contributed by atoms with Crippen LogP contribution in [0, 0.1) is 0 Å². The number of nitrogens with zero attached hydrogens (tertiary/aromatic N) is 1. The maximum absolute atomic E-state index is 12.2. The number of halogens is 3. The number of benzene rings is 2. The van der Waals surface area contributed by atoms with E-state index in [1.165, 1.54) is 24.3 Å². The van der Waals surface area contributed by atoms with E-state index in [-0.39, 0.29) is 5.69 Å². The Kier molecular flexibility index (Phi) is 6.30. The number of nitrogens with one attached hydrogen (secondary N) is 2. The quantitative estimate of drug-likeness (QED) is 0.551. The lowest BCUT2D eigenvalue weighted by atomic mass is 10.1. The summed E-state index contributed by atoms with van der Waals surface area (Å²) in [7, 11) is 0. The van der Waals surface area contributed by atoms with Crippen molar-refractivity contribution in [2.75, 3.05) is 5.32 Å². The van der Waals surface area contributed by atoms with Gasteiger partial charge in [-0.2, -0.15) is 18.3 Å². The first-order valence-electron chi connectivity index (χ1n) is 7.74. The number of rotatable bonds is 5. The first-order chi connectivity index (χ1) is 12.7. The van der Waals surface area contributed by atoms with Gasteiger partial charge in [0.2, 0.25) is 0 Å². The molecule has 0 fully saturated rings. The molecular formula is C18H16F3N3O3. The summed E-state index contributed by atoms with van der Waals surface area (Å²) in [6.45, 7) is 1.57. The van der Waals surface area contributed by atoms with Crippen LogP contribution in [0.1, 0.15) is 24.2 Å². The molecule has 0 spiro atoms. The third-order valence-electron chi connectivity index (χ3n) is 3.52. The van der Waals surface area contributed by atoms with Gasteiger partial charge in [0.15, 0.2) is 6.10 Å². The molecule has 6 nitrogen and oxygen atoms in total. The third-order valence-corrected chi connectivity index (χ3v) is 3.52. The van der Waals surface area contributed by atoms with Crippen molar-refractivity contribution in [2.24, 2.45) is 5.10 Å². The second kappa shape index (κ2) is 8.45. The van der Waals surface area contributed by atoms with E-state index >= 15 is 0 Å². The van der Waals surface area contributed by atoms with Gasteiger partial charge >= 0.3 is 12.1 Å². The van der Waals surface area contributed by atoms with Crippen LogP contribution in [-0.4, -0.2) is 28.8 Å². The summed E-state index contributed by atoms with van der Waals surface area (Å²) in [5, 5.41) is 15.5. The van der Waals surface area contributed by atoms with Gasteiger partial charge in [-0.1, -0.05) is 42.5 Å². The van der Waals surface area contributed by atoms with Crippen LogP contribution in [0.25, 0.3) is 0 Å². The van der Waals surface area contributed by atoms with Crippen molar-refractivity contribution >= 4 is 23.2 Å². The van der Waals surface area contributed by atoms with Gasteiger partial charge in [-0.05, 0) is 30.2 Å². The Morgan fingerprint density at radius 2 is 1.63 bits per heavy atom. The maximum atomic E-state index is 12.2. The molecule has 3 N–H and O–H groups in total. The van der Waals surface area contributed by atoms with Crippen molar-refractivity contribution in [3.8, 4) is 0 Å². The van der Waals surface area contributed by atoms with E-state index in [0.717, 1.165) is 0 Å². The molecule has 0 aliphatic rings. The lowest BCUT2D eigenvalue weighted by Gasteiger charge is -2.10. The second-order valence-electron chi connectivity index (χ2n) is 5.52. The van der Waals surface area contributed by atoms with Crippen molar-refractivity contribution < 1.29 is 27.9 Å². The zero-order valence-electron chi connectivity index (χ0n) is 14.1. The van der Waals surface area contributed by atoms with Crippen LogP contribution in [0.4, 0.5) is 18.9 Å². The summed E-state index contributed by atoms with van der Waals surface area (Å²) in [5.74, 6) is -2.79. The molecular weight excluding hydrogens is 363 g/mol. The highest BCUT2D eigenvalue weighted by Crippen LogP contribution is 2.18. The number of carbonyl (C=O) groups excluding carboxylic acids is 2. The van der Waals surface area contributed by atoms with Crippen LogP contribution >= 0.6 is 0 Å². The standard InChI is InChI=1S/C18H16F3N3O3/c1-11(23-24-16(26)15(25)13-5-3-2-4-6-13)12-7-9-14(10-8-12)22-17(27)18(19,20)21/h2-10,15,25H,1H3,(H,22,27)(H,24,26)/b23-11+/t15-/m1/s1. The highest BCUT2D eigenvalue weighted by atomic mass is 19.4. The van der Waals surface area contributed by atoms with Gasteiger partial charge in [-0.25, -0.2) is 5.43 Å². The molecule has 0 bridgehead atoms. The van der Waals surface area contributed by atoms with Crippen LogP contribution in [0.5, 0.6) is 0 Å². The number of aliphatic hydroxyl groups is 1. The van der Waals surface area contributed by atoms with E-state index in [4.69, 9.17) is 0 Å². The third kappa shape index (κ3) is 5.65. The van der Waals surface area contributed by atoms with E-state index in [1.54, 1.807) is 42.6 Å². The fraction of sp³-hybridized carbons (Fsp3) is 0.167. The van der Waals surface area contributed by atoms with E-state index in [2.05, 4.69) is 10.5 Å². The van der Waals surface area contributed by atoms with Crippen molar-refractivity contribution in [2.45, 2.75) is 19.2 Å². The highest BCUT2D eigenvalue weighted by molar-refractivity contribution is 6.00. The van der Waals surface area contributed by atoms with Crippen LogP contribution in [0.15, 0.2) is 59.7 Å². The summed E-state index contributed by atoms with van der Waals surface area (Å²) in [4.78, 5) is 22.8. The van der Waals surface area contributed by atoms with Gasteiger partial charge in [0.25, 0.3) is 5.91 Å². The Hall–Kier alpha value is -3.20. The minimum Gasteiger partial charge on any atom is -0.378 e. The van der Waals surface area contributed by atoms with Crippen LogP contribution in [0.2, 0.25) is 0 Å². The fourth-order valence-corrected chi connectivity index (χ4v) is 2.05. The minimum atomic E-state index is -4.97. The number of carbonyl (C=O) groups is 2. The van der Waals surface area contributed by atoms with E-state index in [9.17, 15) is 27.9 Å². The summed E-state index contributed by atoms with van der Waals surface area (Å²) in [5.41, 5.74) is 3.47. The van der Waals surface area contributed by atoms with E-state index < -0.39 is 24.1 Å². The van der Waals surface area contributed by atoms with Crippen molar-refractivity contribution in [1.82, 2.24) is 5.43 Å². The number of alkyl halides is 3. The molecule has 2 aromatic carbocycles. The predicted molar refractivity (Wildman–Crippen MR) is 92.9 cm³/mol. The number of hydrogen-bond acceptors (Lipinski definition) is 4. The van der Waals surface area contributed by atoms with Crippen molar-refractivity contribution in [3.05, 3.63) is 65.7 Å². The molecule has 0 heterocycles. The second-order valence-corrected chi connectivity index (χ2v) is 5.52. The minimum absolute atomic E-state index is 0.0302. The Bertz CT molecular complexity index is 834. The topological polar surface area (TPSA) is 90.8 Å². The van der Waals surface area contributed by atoms with Gasteiger partial charge < -0.3 is 10.4 Å². The highest BCUT2D eigenvalue weighted by Gasteiger charge is 2.38. The summed E-state index contributed by atoms with van der Waals surface area (Å²) in [6.07, 6.45) is -6.36. The van der Waals surface area contributed by atoms with Crippen LogP contribution < -0.4 is 10.7 Å². The Balaban J connectivity index is 1.99. The summed E-state index contributed by atoms with van der Waals surface area (Å²) < 4.78 is 36.6. The van der Waals surface area contributed by atoms with Gasteiger partial charge in [0, 0.05) is 5.69 Å². The fourth-order valence-electron chi connectivity index (χ4n) is 2.05. The van der Waals surface area contributed by atoms with Gasteiger partial charge in [-0.15, -0.1) is 0 Å². The van der Waals surface area contributed by atoms with Crippen molar-refractivity contribution in [1.29, 1.82) is 0 Å². The summed E-state index contributed by atoms with van der Waals surface area (Å²) >= 11 is 0. The SMILES string of the molecule is C/C(=N\NC(=O)[C@H](O)c1ccccc1)c1ccc(NC(=O)C(F)(F)F)cc1. The Labute approximate surface area is 152 Å². The van der Waals surface area contributed by atoms with E-state index in [1.807, 2.05) is 0 Å².